The minimum atomic E-state index is -1.65. The van der Waals surface area contributed by atoms with E-state index >= 15 is 0 Å². The van der Waals surface area contributed by atoms with Crippen LogP contribution in [0.2, 0.25) is 0 Å². The van der Waals surface area contributed by atoms with Crippen LogP contribution in [0.3, 0.4) is 0 Å². The highest BCUT2D eigenvalue weighted by atomic mass is 19.2. The summed E-state index contributed by atoms with van der Waals surface area (Å²) in [4.78, 5) is 13.3. The SMILES string of the molecule is Cn1c(C=NNc2c(F)c(F)cc(F)c2F)cnc1[N+](=O)[O-]. The number of imidazole rings is 1. The van der Waals surface area contributed by atoms with Gasteiger partial charge in [0.2, 0.25) is 0 Å². The van der Waals surface area contributed by atoms with Crippen molar-refractivity contribution in [2.45, 2.75) is 0 Å². The van der Waals surface area contributed by atoms with Gasteiger partial charge in [0.15, 0.2) is 29.0 Å². The van der Waals surface area contributed by atoms with E-state index in [0.29, 0.717) is 0 Å². The Morgan fingerprint density at radius 1 is 1.32 bits per heavy atom. The Morgan fingerprint density at radius 2 is 1.91 bits per heavy atom. The highest BCUT2D eigenvalue weighted by Crippen LogP contribution is 2.24. The van der Waals surface area contributed by atoms with Crippen LogP contribution in [0.15, 0.2) is 17.4 Å². The van der Waals surface area contributed by atoms with Crippen molar-refractivity contribution in [1.29, 1.82) is 0 Å². The van der Waals surface area contributed by atoms with Gasteiger partial charge in [-0.25, -0.2) is 22.1 Å². The van der Waals surface area contributed by atoms with Crippen LogP contribution < -0.4 is 5.43 Å². The summed E-state index contributed by atoms with van der Waals surface area (Å²) in [5, 5.41) is 14.0. The lowest BCUT2D eigenvalue weighted by atomic mass is 10.2. The van der Waals surface area contributed by atoms with Crippen molar-refractivity contribution in [1.82, 2.24) is 9.55 Å². The summed E-state index contributed by atoms with van der Waals surface area (Å²) in [5.74, 6) is -6.95. The smallest absolute Gasteiger partial charge is 0.390 e. The molecule has 0 bridgehead atoms. The van der Waals surface area contributed by atoms with E-state index in [9.17, 15) is 27.7 Å². The second kappa shape index (κ2) is 5.79. The quantitative estimate of drug-likeness (QED) is 0.308. The van der Waals surface area contributed by atoms with Gasteiger partial charge in [0.25, 0.3) is 0 Å². The second-order valence-corrected chi connectivity index (χ2v) is 4.01. The van der Waals surface area contributed by atoms with Crippen molar-refractivity contribution >= 4 is 17.9 Å². The van der Waals surface area contributed by atoms with Crippen LogP contribution >= 0.6 is 0 Å². The molecule has 0 saturated heterocycles. The fourth-order valence-electron chi connectivity index (χ4n) is 1.54. The van der Waals surface area contributed by atoms with E-state index in [1.807, 2.05) is 0 Å². The van der Waals surface area contributed by atoms with E-state index in [4.69, 9.17) is 0 Å². The van der Waals surface area contributed by atoms with Gasteiger partial charge in [-0.2, -0.15) is 5.10 Å². The predicted molar refractivity (Wildman–Crippen MR) is 67.4 cm³/mol. The molecule has 1 aromatic carbocycles. The molecule has 22 heavy (non-hydrogen) atoms. The molecule has 0 saturated carbocycles. The maximum absolute atomic E-state index is 13.3. The Hall–Kier alpha value is -2.98. The fourth-order valence-corrected chi connectivity index (χ4v) is 1.54. The lowest BCUT2D eigenvalue weighted by Crippen LogP contribution is -2.04. The molecule has 0 aliphatic rings. The van der Waals surface area contributed by atoms with Gasteiger partial charge >= 0.3 is 5.95 Å². The number of nitrogens with one attached hydrogen (secondary N) is 1. The molecule has 11 heteroatoms. The fraction of sp³-hybridized carbons (Fsp3) is 0.0909. The van der Waals surface area contributed by atoms with Crippen LogP contribution in [0.4, 0.5) is 29.2 Å². The van der Waals surface area contributed by atoms with Gasteiger partial charge in [0.1, 0.15) is 11.9 Å². The van der Waals surface area contributed by atoms with Crippen molar-refractivity contribution in [2.75, 3.05) is 5.43 Å². The Balaban J connectivity index is 2.26. The summed E-state index contributed by atoms with van der Waals surface area (Å²) in [6.45, 7) is 0. The van der Waals surface area contributed by atoms with Gasteiger partial charge in [-0.1, -0.05) is 4.98 Å². The van der Waals surface area contributed by atoms with Crippen molar-refractivity contribution in [2.24, 2.45) is 12.1 Å². The number of benzene rings is 1. The Morgan fingerprint density at radius 3 is 2.41 bits per heavy atom. The van der Waals surface area contributed by atoms with E-state index in [-0.39, 0.29) is 11.8 Å². The number of halogens is 4. The van der Waals surface area contributed by atoms with Crippen LogP contribution in [-0.2, 0) is 7.05 Å². The van der Waals surface area contributed by atoms with Crippen molar-refractivity contribution in [3.63, 3.8) is 0 Å². The third kappa shape index (κ3) is 2.73. The van der Waals surface area contributed by atoms with Gasteiger partial charge in [-0.3, -0.25) is 5.43 Å². The number of rotatable bonds is 4. The van der Waals surface area contributed by atoms with Gasteiger partial charge in [0.05, 0.1) is 13.3 Å². The first-order chi connectivity index (χ1) is 10.3. The van der Waals surface area contributed by atoms with E-state index < -0.39 is 39.8 Å². The molecule has 0 spiro atoms. The van der Waals surface area contributed by atoms with E-state index in [0.717, 1.165) is 17.0 Å². The molecule has 2 rings (SSSR count). The van der Waals surface area contributed by atoms with E-state index in [1.165, 1.54) is 7.05 Å². The first-order valence-electron chi connectivity index (χ1n) is 5.61. The molecule has 116 valence electrons. The first-order valence-corrected chi connectivity index (χ1v) is 5.61. The Bertz CT molecular complexity index is 748. The summed E-state index contributed by atoms with van der Waals surface area (Å²) in [5.41, 5.74) is 0.808. The van der Waals surface area contributed by atoms with Gasteiger partial charge < -0.3 is 10.1 Å². The average molecular weight is 317 g/mol. The highest BCUT2D eigenvalue weighted by molar-refractivity contribution is 5.78. The molecule has 0 amide bonds. The molecule has 0 aliphatic heterocycles. The number of anilines is 1. The molecule has 0 unspecified atom stereocenters. The van der Waals surface area contributed by atoms with Crippen molar-refractivity contribution in [3.05, 3.63) is 51.3 Å². The monoisotopic (exact) mass is 317 g/mol. The van der Waals surface area contributed by atoms with Crippen molar-refractivity contribution in [3.8, 4) is 0 Å². The van der Waals surface area contributed by atoms with Crippen LogP contribution in [0.1, 0.15) is 5.69 Å². The highest BCUT2D eigenvalue weighted by Gasteiger charge is 2.19. The topological polar surface area (TPSA) is 85.3 Å². The maximum atomic E-state index is 13.3. The second-order valence-electron chi connectivity index (χ2n) is 4.01. The minimum Gasteiger partial charge on any atom is -0.390 e. The number of nitro groups is 1. The zero-order chi connectivity index (χ0) is 16.4. The minimum absolute atomic E-state index is 0.0596. The molecule has 1 aromatic heterocycles. The van der Waals surface area contributed by atoms with Gasteiger partial charge in [0, 0.05) is 6.07 Å². The van der Waals surface area contributed by atoms with Crippen molar-refractivity contribution < 1.29 is 22.5 Å². The lowest BCUT2D eigenvalue weighted by molar-refractivity contribution is -0.396. The zero-order valence-corrected chi connectivity index (χ0v) is 10.8. The Kier molecular flexibility index (Phi) is 4.06. The summed E-state index contributed by atoms with van der Waals surface area (Å²) in [7, 11) is 1.31. The number of hydrogen-bond donors (Lipinski definition) is 1. The van der Waals surface area contributed by atoms with Gasteiger partial charge in [-0.15, -0.1) is 0 Å². The lowest BCUT2D eigenvalue weighted by Gasteiger charge is -2.05. The molecular formula is C11H7F4N5O2. The van der Waals surface area contributed by atoms with Gasteiger partial charge in [-0.05, 0) is 4.92 Å². The summed E-state index contributed by atoms with van der Waals surface area (Å²) in [6.07, 6.45) is 2.03. The van der Waals surface area contributed by atoms with E-state index in [2.05, 4.69) is 10.1 Å². The largest absolute Gasteiger partial charge is 0.434 e. The molecule has 1 heterocycles. The summed E-state index contributed by atoms with van der Waals surface area (Å²) < 4.78 is 53.6. The summed E-state index contributed by atoms with van der Waals surface area (Å²) >= 11 is 0. The Labute approximate surface area is 120 Å². The molecule has 7 nitrogen and oxygen atoms in total. The molecule has 0 atom stereocenters. The predicted octanol–water partition coefficient (Wildman–Crippen LogP) is 2.33. The molecule has 0 radical (unpaired) electrons. The molecule has 0 fully saturated rings. The maximum Gasteiger partial charge on any atom is 0.434 e. The number of aromatic nitrogens is 2. The number of hydrazone groups is 1. The average Bonchev–Trinajstić information content (AvgIpc) is 2.82. The molecular weight excluding hydrogens is 310 g/mol. The standard InChI is InChI=1S/C11H7F4N5O2/c1-19-5(3-16-11(19)20(21)22)4-17-18-10-8(14)6(12)2-7(13)9(10)15/h2-4,18H,1H3. The third-order valence-corrected chi connectivity index (χ3v) is 2.65. The third-order valence-electron chi connectivity index (χ3n) is 2.65. The zero-order valence-electron chi connectivity index (χ0n) is 10.8. The normalized spacial score (nSPS) is 11.1. The summed E-state index contributed by atoms with van der Waals surface area (Å²) in [6, 6.07) is 0.0596. The molecule has 1 N–H and O–H groups in total. The number of nitrogens with zero attached hydrogens (tertiary/aromatic N) is 4. The number of hydrogen-bond acceptors (Lipinski definition) is 5. The van der Waals surface area contributed by atoms with Crippen LogP contribution in [0.5, 0.6) is 0 Å². The van der Waals surface area contributed by atoms with Crippen LogP contribution in [-0.4, -0.2) is 20.7 Å². The molecule has 2 aromatic rings. The molecule has 0 aliphatic carbocycles. The van der Waals surface area contributed by atoms with Crippen LogP contribution in [0, 0.1) is 33.4 Å². The van der Waals surface area contributed by atoms with E-state index in [1.54, 1.807) is 5.43 Å². The first kappa shape index (κ1) is 15.4. The van der Waals surface area contributed by atoms with Crippen LogP contribution in [0.25, 0.3) is 0 Å².